The quantitative estimate of drug-likeness (QED) is 0.475. The first-order chi connectivity index (χ1) is 7.69. The minimum atomic E-state index is -0.0691. The molecule has 0 aromatic heterocycles. The lowest BCUT2D eigenvalue weighted by molar-refractivity contribution is 0.103. The third-order valence-corrected chi connectivity index (χ3v) is 2.17. The second kappa shape index (κ2) is 5.71. The normalized spacial score (nSPS) is 12.3. The molecule has 1 aromatic carbocycles. The van der Waals surface area contributed by atoms with Gasteiger partial charge in [0.2, 0.25) is 0 Å². The summed E-state index contributed by atoms with van der Waals surface area (Å²) in [6.07, 6.45) is 4.88. The molecular formula is C14H15NO. The number of carbonyl (C=O) groups excluding carboxylic acids is 1. The summed E-state index contributed by atoms with van der Waals surface area (Å²) in [5.41, 5.74) is 7.34. The highest BCUT2D eigenvalue weighted by Crippen LogP contribution is 2.10. The molecule has 0 bridgehead atoms. The maximum Gasteiger partial charge on any atom is 0.193 e. The van der Waals surface area contributed by atoms with Crippen molar-refractivity contribution in [3.8, 4) is 0 Å². The van der Waals surface area contributed by atoms with E-state index in [-0.39, 0.29) is 5.78 Å². The average molecular weight is 213 g/mol. The molecule has 1 aromatic rings. The fourth-order valence-electron chi connectivity index (χ4n) is 1.24. The van der Waals surface area contributed by atoms with Crippen LogP contribution < -0.4 is 5.73 Å². The van der Waals surface area contributed by atoms with Crippen LogP contribution in [0.2, 0.25) is 0 Å². The van der Waals surface area contributed by atoms with Gasteiger partial charge in [0.05, 0.1) is 0 Å². The molecule has 82 valence electrons. The van der Waals surface area contributed by atoms with Crippen LogP contribution in [0.5, 0.6) is 0 Å². The Bertz CT molecular complexity index is 441. The van der Waals surface area contributed by atoms with Crippen molar-refractivity contribution >= 4 is 5.78 Å². The van der Waals surface area contributed by atoms with E-state index in [0.29, 0.717) is 16.8 Å². The van der Waals surface area contributed by atoms with E-state index >= 15 is 0 Å². The molecule has 0 saturated carbocycles. The summed E-state index contributed by atoms with van der Waals surface area (Å²) >= 11 is 0. The molecule has 0 radical (unpaired) electrons. The zero-order valence-electron chi connectivity index (χ0n) is 9.31. The number of hydrogen-bond acceptors (Lipinski definition) is 2. The lowest BCUT2D eigenvalue weighted by atomic mass is 10.0. The number of benzene rings is 1. The summed E-state index contributed by atoms with van der Waals surface area (Å²) in [6, 6.07) is 9.06. The van der Waals surface area contributed by atoms with Gasteiger partial charge in [-0.15, -0.1) is 0 Å². The molecule has 0 heterocycles. The number of rotatable bonds is 4. The monoisotopic (exact) mass is 213 g/mol. The van der Waals surface area contributed by atoms with Crippen molar-refractivity contribution in [1.29, 1.82) is 0 Å². The summed E-state index contributed by atoms with van der Waals surface area (Å²) in [5.74, 6) is -0.0691. The molecule has 2 heteroatoms. The van der Waals surface area contributed by atoms with Crippen molar-refractivity contribution in [3.05, 3.63) is 72.0 Å². The van der Waals surface area contributed by atoms with Crippen molar-refractivity contribution in [1.82, 2.24) is 0 Å². The molecule has 2 N–H and O–H groups in total. The minimum Gasteiger partial charge on any atom is -0.399 e. The van der Waals surface area contributed by atoms with Crippen LogP contribution in [0.25, 0.3) is 0 Å². The Morgan fingerprint density at radius 1 is 1.31 bits per heavy atom. The van der Waals surface area contributed by atoms with Crippen molar-refractivity contribution in [2.45, 2.75) is 6.92 Å². The molecule has 0 amide bonds. The highest BCUT2D eigenvalue weighted by Gasteiger charge is 2.08. The van der Waals surface area contributed by atoms with E-state index in [2.05, 4.69) is 6.58 Å². The summed E-state index contributed by atoms with van der Waals surface area (Å²) in [5, 5.41) is 0. The van der Waals surface area contributed by atoms with Crippen LogP contribution in [-0.2, 0) is 0 Å². The first kappa shape index (κ1) is 12.0. The van der Waals surface area contributed by atoms with E-state index in [0.717, 1.165) is 0 Å². The van der Waals surface area contributed by atoms with Gasteiger partial charge in [0.25, 0.3) is 0 Å². The summed E-state index contributed by atoms with van der Waals surface area (Å²) in [4.78, 5) is 12.0. The van der Waals surface area contributed by atoms with Gasteiger partial charge in [0.1, 0.15) is 0 Å². The molecule has 16 heavy (non-hydrogen) atoms. The average Bonchev–Trinajstić information content (AvgIpc) is 2.35. The van der Waals surface area contributed by atoms with Crippen molar-refractivity contribution in [2.24, 2.45) is 5.73 Å². The predicted molar refractivity (Wildman–Crippen MR) is 67.0 cm³/mol. The third kappa shape index (κ3) is 2.95. The number of allylic oxidation sites excluding steroid dienone is 4. The van der Waals surface area contributed by atoms with Crippen LogP contribution in [0, 0.1) is 0 Å². The highest BCUT2D eigenvalue weighted by atomic mass is 16.1. The molecule has 0 spiro atoms. The standard InChI is InChI=1S/C14H15NO/c1-3-11(10-13(15)4-2)14(16)12-8-6-5-7-9-12/h3-10H,1,15H2,2H3/b11-10+,13-4+. The third-order valence-electron chi connectivity index (χ3n) is 2.17. The Hall–Kier alpha value is -2.09. The Morgan fingerprint density at radius 3 is 2.44 bits per heavy atom. The van der Waals surface area contributed by atoms with Gasteiger partial charge in [-0.25, -0.2) is 0 Å². The van der Waals surface area contributed by atoms with Gasteiger partial charge < -0.3 is 5.73 Å². The molecule has 2 nitrogen and oxygen atoms in total. The summed E-state index contributed by atoms with van der Waals surface area (Å²) < 4.78 is 0. The fraction of sp³-hybridized carbons (Fsp3) is 0.0714. The van der Waals surface area contributed by atoms with Crippen molar-refractivity contribution < 1.29 is 4.79 Å². The van der Waals surface area contributed by atoms with Crippen LogP contribution in [0.4, 0.5) is 0 Å². The molecule has 0 fully saturated rings. The number of hydrogen-bond donors (Lipinski definition) is 1. The molecule has 0 atom stereocenters. The van der Waals surface area contributed by atoms with Crippen LogP contribution in [0.15, 0.2) is 66.4 Å². The topological polar surface area (TPSA) is 43.1 Å². The van der Waals surface area contributed by atoms with Crippen molar-refractivity contribution in [3.63, 3.8) is 0 Å². The smallest absolute Gasteiger partial charge is 0.193 e. The second-order valence-electron chi connectivity index (χ2n) is 3.29. The van der Waals surface area contributed by atoms with Gasteiger partial charge >= 0.3 is 0 Å². The molecule has 0 unspecified atom stereocenters. The van der Waals surface area contributed by atoms with Gasteiger partial charge in [0.15, 0.2) is 5.78 Å². The molecule has 0 aliphatic carbocycles. The van der Waals surface area contributed by atoms with Crippen molar-refractivity contribution in [2.75, 3.05) is 0 Å². The Balaban J connectivity index is 3.04. The van der Waals surface area contributed by atoms with E-state index in [1.165, 1.54) is 6.08 Å². The van der Waals surface area contributed by atoms with Gasteiger partial charge in [-0.3, -0.25) is 4.79 Å². The minimum absolute atomic E-state index is 0.0691. The lowest BCUT2D eigenvalue weighted by Crippen LogP contribution is -2.03. The van der Waals surface area contributed by atoms with Gasteiger partial charge in [-0.2, -0.15) is 0 Å². The molecule has 0 aliphatic rings. The first-order valence-electron chi connectivity index (χ1n) is 5.04. The second-order valence-corrected chi connectivity index (χ2v) is 3.29. The van der Waals surface area contributed by atoms with E-state index in [9.17, 15) is 4.79 Å². The van der Waals surface area contributed by atoms with Gasteiger partial charge in [0, 0.05) is 16.8 Å². The largest absolute Gasteiger partial charge is 0.399 e. The maximum absolute atomic E-state index is 12.0. The number of Topliss-reactive ketones (excluding diaryl/α,β-unsaturated/α-hetero) is 1. The summed E-state index contributed by atoms with van der Waals surface area (Å²) in [7, 11) is 0. The summed E-state index contributed by atoms with van der Waals surface area (Å²) in [6.45, 7) is 5.44. The van der Waals surface area contributed by atoms with E-state index in [1.54, 1.807) is 24.3 Å². The zero-order valence-corrected chi connectivity index (χ0v) is 9.31. The Labute approximate surface area is 95.8 Å². The van der Waals surface area contributed by atoms with E-state index < -0.39 is 0 Å². The van der Waals surface area contributed by atoms with Crippen LogP contribution >= 0.6 is 0 Å². The van der Waals surface area contributed by atoms with E-state index in [1.807, 2.05) is 25.1 Å². The number of carbonyl (C=O) groups is 1. The maximum atomic E-state index is 12.0. The SMILES string of the molecule is C=C/C(=C\C(N)=C/C)C(=O)c1ccccc1. The Morgan fingerprint density at radius 2 is 1.94 bits per heavy atom. The highest BCUT2D eigenvalue weighted by molar-refractivity contribution is 6.10. The van der Waals surface area contributed by atoms with Crippen LogP contribution in [0.3, 0.4) is 0 Å². The first-order valence-corrected chi connectivity index (χ1v) is 5.04. The molecular weight excluding hydrogens is 198 g/mol. The number of nitrogens with two attached hydrogens (primary N) is 1. The lowest BCUT2D eigenvalue weighted by Gasteiger charge is -2.01. The molecule has 1 rings (SSSR count). The number of ketones is 1. The molecule has 0 saturated heterocycles. The fourth-order valence-corrected chi connectivity index (χ4v) is 1.24. The molecule has 0 aliphatic heterocycles. The zero-order chi connectivity index (χ0) is 12.0. The van der Waals surface area contributed by atoms with E-state index in [4.69, 9.17) is 5.73 Å². The van der Waals surface area contributed by atoms with Gasteiger partial charge in [-0.05, 0) is 13.0 Å². The van der Waals surface area contributed by atoms with Crippen LogP contribution in [0.1, 0.15) is 17.3 Å². The Kier molecular flexibility index (Phi) is 4.28. The van der Waals surface area contributed by atoms with Crippen LogP contribution in [-0.4, -0.2) is 5.78 Å². The predicted octanol–water partition coefficient (Wildman–Crippen LogP) is 2.84. The van der Waals surface area contributed by atoms with Gasteiger partial charge in [-0.1, -0.05) is 49.1 Å².